The highest BCUT2D eigenvalue weighted by Crippen LogP contribution is 2.46. The lowest BCUT2D eigenvalue weighted by atomic mass is 9.89. The molecule has 1 fully saturated rings. The Morgan fingerprint density at radius 1 is 1.33 bits per heavy atom. The van der Waals surface area contributed by atoms with Gasteiger partial charge in [0.25, 0.3) is 0 Å². The zero-order valence-corrected chi connectivity index (χ0v) is 9.36. The summed E-state index contributed by atoms with van der Waals surface area (Å²) in [6.07, 6.45) is 3.67. The average molecular weight is 206 g/mol. The number of phenols is 1. The number of benzene rings is 1. The van der Waals surface area contributed by atoms with Crippen molar-refractivity contribution in [1.29, 1.82) is 0 Å². The van der Waals surface area contributed by atoms with E-state index in [-0.39, 0.29) is 0 Å². The Hall–Kier alpha value is -1.18. The van der Waals surface area contributed by atoms with E-state index >= 15 is 0 Å². The van der Waals surface area contributed by atoms with Gasteiger partial charge in [-0.2, -0.15) is 0 Å². The monoisotopic (exact) mass is 206 g/mol. The van der Waals surface area contributed by atoms with Crippen LogP contribution in [0.4, 0.5) is 0 Å². The second kappa shape index (κ2) is 4.13. The molecule has 0 aromatic heterocycles. The smallest absolute Gasteiger partial charge is 0.126 e. The van der Waals surface area contributed by atoms with Crippen molar-refractivity contribution in [3.63, 3.8) is 0 Å². The molecule has 1 aliphatic rings. The predicted molar refractivity (Wildman–Crippen MR) is 60.4 cm³/mol. The summed E-state index contributed by atoms with van der Waals surface area (Å²) in [5, 5.41) is 9.92. The number of aromatic hydroxyl groups is 1. The lowest BCUT2D eigenvalue weighted by Gasteiger charge is -2.19. The normalized spacial score (nSPS) is 25.5. The van der Waals surface area contributed by atoms with Gasteiger partial charge in [0, 0.05) is 5.56 Å². The third-order valence-corrected chi connectivity index (χ3v) is 3.50. The van der Waals surface area contributed by atoms with Crippen molar-refractivity contribution >= 4 is 0 Å². The van der Waals surface area contributed by atoms with Crippen molar-refractivity contribution in [2.75, 3.05) is 7.11 Å². The highest BCUT2D eigenvalue weighted by atomic mass is 16.5. The fraction of sp³-hybridized carbons (Fsp3) is 0.538. The van der Waals surface area contributed by atoms with Gasteiger partial charge in [-0.25, -0.2) is 0 Å². The topological polar surface area (TPSA) is 29.5 Å². The van der Waals surface area contributed by atoms with Gasteiger partial charge in [0.05, 0.1) is 7.11 Å². The first kappa shape index (κ1) is 10.3. The van der Waals surface area contributed by atoms with Crippen LogP contribution in [0.5, 0.6) is 11.5 Å². The molecule has 0 aliphatic heterocycles. The summed E-state index contributed by atoms with van der Waals surface area (Å²) >= 11 is 0. The Labute approximate surface area is 90.9 Å². The minimum absolute atomic E-state index is 0.382. The van der Waals surface area contributed by atoms with Gasteiger partial charge in [-0.3, -0.25) is 0 Å². The molecule has 0 amide bonds. The van der Waals surface area contributed by atoms with Gasteiger partial charge in [0.2, 0.25) is 0 Å². The van der Waals surface area contributed by atoms with Gasteiger partial charge in [-0.15, -0.1) is 0 Å². The van der Waals surface area contributed by atoms with Crippen molar-refractivity contribution in [3.8, 4) is 11.5 Å². The Balaban J connectivity index is 2.41. The molecule has 1 aliphatic carbocycles. The van der Waals surface area contributed by atoms with E-state index < -0.39 is 0 Å². The van der Waals surface area contributed by atoms with Gasteiger partial charge in [-0.1, -0.05) is 25.8 Å². The Morgan fingerprint density at radius 2 is 2.13 bits per heavy atom. The van der Waals surface area contributed by atoms with E-state index in [1.807, 2.05) is 12.1 Å². The quantitative estimate of drug-likeness (QED) is 0.804. The second-order valence-electron chi connectivity index (χ2n) is 4.41. The van der Waals surface area contributed by atoms with E-state index in [9.17, 15) is 5.11 Å². The molecule has 0 radical (unpaired) electrons. The highest BCUT2D eigenvalue weighted by Gasteiger charge is 2.29. The van der Waals surface area contributed by atoms with Crippen molar-refractivity contribution in [3.05, 3.63) is 23.8 Å². The molecule has 0 bridgehead atoms. The number of phenolic OH excluding ortho intramolecular Hbond substituents is 1. The first-order valence-electron chi connectivity index (χ1n) is 5.60. The SMILES string of the molecule is COc1cccc(O)c1C1CCCC1C. The maximum atomic E-state index is 9.92. The minimum atomic E-state index is 0.382. The van der Waals surface area contributed by atoms with Crippen LogP contribution in [0.25, 0.3) is 0 Å². The molecule has 2 atom stereocenters. The third kappa shape index (κ3) is 1.81. The number of hydrogen-bond acceptors (Lipinski definition) is 2. The first-order chi connectivity index (χ1) is 7.24. The first-order valence-corrected chi connectivity index (χ1v) is 5.60. The molecule has 82 valence electrons. The lowest BCUT2D eigenvalue weighted by Crippen LogP contribution is -2.04. The van der Waals surface area contributed by atoms with Gasteiger partial charge in [0.1, 0.15) is 11.5 Å². The Morgan fingerprint density at radius 3 is 2.73 bits per heavy atom. The summed E-state index contributed by atoms with van der Waals surface area (Å²) < 4.78 is 5.33. The molecule has 1 N–H and O–H groups in total. The fourth-order valence-electron chi connectivity index (χ4n) is 2.66. The molecular formula is C13H18O2. The van der Waals surface area contributed by atoms with Crippen LogP contribution in [0.2, 0.25) is 0 Å². The lowest BCUT2D eigenvalue weighted by molar-refractivity contribution is 0.384. The summed E-state index contributed by atoms with van der Waals surface area (Å²) in [5.41, 5.74) is 1.00. The van der Waals surface area contributed by atoms with E-state index in [4.69, 9.17) is 4.74 Å². The zero-order valence-electron chi connectivity index (χ0n) is 9.36. The van der Waals surface area contributed by atoms with Gasteiger partial charge in [-0.05, 0) is 30.4 Å². The zero-order chi connectivity index (χ0) is 10.8. The summed E-state index contributed by atoms with van der Waals surface area (Å²) in [6, 6.07) is 5.51. The number of ether oxygens (including phenoxy) is 1. The molecule has 0 spiro atoms. The van der Waals surface area contributed by atoms with E-state index in [1.54, 1.807) is 13.2 Å². The van der Waals surface area contributed by atoms with Crippen LogP contribution in [0, 0.1) is 5.92 Å². The summed E-state index contributed by atoms with van der Waals surface area (Å²) in [7, 11) is 1.66. The van der Waals surface area contributed by atoms with Gasteiger partial charge >= 0.3 is 0 Å². The molecule has 1 aromatic rings. The van der Waals surface area contributed by atoms with E-state index in [0.717, 1.165) is 17.7 Å². The largest absolute Gasteiger partial charge is 0.508 e. The van der Waals surface area contributed by atoms with Gasteiger partial charge in [0.15, 0.2) is 0 Å². The predicted octanol–water partition coefficient (Wildman–Crippen LogP) is 3.30. The van der Waals surface area contributed by atoms with Crippen molar-refractivity contribution < 1.29 is 9.84 Å². The number of methoxy groups -OCH3 is 1. The van der Waals surface area contributed by atoms with Gasteiger partial charge < -0.3 is 9.84 Å². The number of rotatable bonds is 2. The molecule has 2 rings (SSSR count). The molecule has 2 nitrogen and oxygen atoms in total. The van der Waals surface area contributed by atoms with E-state index in [2.05, 4.69) is 6.92 Å². The van der Waals surface area contributed by atoms with Crippen LogP contribution in [-0.4, -0.2) is 12.2 Å². The maximum absolute atomic E-state index is 9.92. The second-order valence-corrected chi connectivity index (χ2v) is 4.41. The molecule has 0 saturated heterocycles. The van der Waals surface area contributed by atoms with Crippen LogP contribution in [0.3, 0.4) is 0 Å². The average Bonchev–Trinajstić information content (AvgIpc) is 2.64. The van der Waals surface area contributed by atoms with Crippen molar-refractivity contribution in [2.24, 2.45) is 5.92 Å². The van der Waals surface area contributed by atoms with Crippen LogP contribution >= 0.6 is 0 Å². The van der Waals surface area contributed by atoms with Crippen molar-refractivity contribution in [2.45, 2.75) is 32.1 Å². The van der Waals surface area contributed by atoms with Crippen LogP contribution in [0.15, 0.2) is 18.2 Å². The van der Waals surface area contributed by atoms with Crippen LogP contribution < -0.4 is 4.74 Å². The minimum Gasteiger partial charge on any atom is -0.508 e. The maximum Gasteiger partial charge on any atom is 0.126 e. The molecule has 1 saturated carbocycles. The molecule has 2 heteroatoms. The fourth-order valence-corrected chi connectivity index (χ4v) is 2.66. The standard InChI is InChI=1S/C13H18O2/c1-9-5-3-6-10(9)13-11(14)7-4-8-12(13)15-2/h4,7-10,14H,3,5-6H2,1-2H3. The molecule has 1 aromatic carbocycles. The summed E-state index contributed by atoms with van der Waals surface area (Å²) in [5.74, 6) is 2.31. The molecule has 0 heterocycles. The molecular weight excluding hydrogens is 188 g/mol. The van der Waals surface area contributed by atoms with Crippen LogP contribution in [0.1, 0.15) is 37.7 Å². The summed E-state index contributed by atoms with van der Waals surface area (Å²) in [6.45, 7) is 2.25. The Kier molecular flexibility index (Phi) is 2.85. The van der Waals surface area contributed by atoms with E-state index in [1.165, 1.54) is 12.8 Å². The highest BCUT2D eigenvalue weighted by molar-refractivity contribution is 5.47. The number of hydrogen-bond donors (Lipinski definition) is 1. The summed E-state index contributed by atoms with van der Waals surface area (Å²) in [4.78, 5) is 0. The molecule has 15 heavy (non-hydrogen) atoms. The Bertz CT molecular complexity index is 346. The van der Waals surface area contributed by atoms with Crippen molar-refractivity contribution in [1.82, 2.24) is 0 Å². The third-order valence-electron chi connectivity index (χ3n) is 3.50. The molecule has 2 unspecified atom stereocenters. The van der Waals surface area contributed by atoms with E-state index in [0.29, 0.717) is 17.6 Å². The van der Waals surface area contributed by atoms with Crippen LogP contribution in [-0.2, 0) is 0 Å².